The zero-order chi connectivity index (χ0) is 18.9. The smallest absolute Gasteiger partial charge is 0.340 e. The van der Waals surface area contributed by atoms with E-state index in [2.05, 4.69) is 21.0 Å². The van der Waals surface area contributed by atoms with Crippen LogP contribution in [0.3, 0.4) is 0 Å². The normalized spacial score (nSPS) is 12.2. The van der Waals surface area contributed by atoms with E-state index in [1.807, 2.05) is 51.1 Å². The Bertz CT molecular complexity index is 1010. The lowest BCUT2D eigenvalue weighted by Crippen LogP contribution is -2.13. The highest BCUT2D eigenvalue weighted by molar-refractivity contribution is 9.10. The van der Waals surface area contributed by atoms with Crippen LogP contribution in [-0.2, 0) is 15.5 Å². The van der Waals surface area contributed by atoms with E-state index in [0.29, 0.717) is 0 Å². The van der Waals surface area contributed by atoms with Crippen molar-refractivity contribution in [2.45, 2.75) is 31.1 Å². The van der Waals surface area contributed by atoms with E-state index in [1.54, 1.807) is 18.2 Å². The minimum absolute atomic E-state index is 0.0822. The van der Waals surface area contributed by atoms with Gasteiger partial charge in [-0.2, -0.15) is 18.2 Å². The van der Waals surface area contributed by atoms with Crippen molar-refractivity contribution in [3.8, 4) is 11.6 Å². The number of benzene rings is 2. The third-order valence-electron chi connectivity index (χ3n) is 3.74. The molecule has 0 aliphatic carbocycles. The summed E-state index contributed by atoms with van der Waals surface area (Å²) in [6.45, 7) is 6.03. The number of aromatic nitrogens is 2. The quantitative estimate of drug-likeness (QED) is 0.558. The van der Waals surface area contributed by atoms with Gasteiger partial charge in [0.2, 0.25) is 5.88 Å². The van der Waals surface area contributed by atoms with E-state index in [0.717, 1.165) is 15.9 Å². The molecule has 0 saturated carbocycles. The highest BCUT2D eigenvalue weighted by Crippen LogP contribution is 2.29. The van der Waals surface area contributed by atoms with Crippen LogP contribution < -0.4 is 4.18 Å². The van der Waals surface area contributed by atoms with Crippen LogP contribution in [0.4, 0.5) is 0 Å². The summed E-state index contributed by atoms with van der Waals surface area (Å²) in [7, 11) is -3.97. The van der Waals surface area contributed by atoms with Crippen LogP contribution in [0, 0.1) is 0 Å². The molecule has 0 unspecified atom stereocenters. The lowest BCUT2D eigenvalue weighted by atomic mass is 9.93. The summed E-state index contributed by atoms with van der Waals surface area (Å²) in [5, 5.41) is 4.56. The molecular formula is C19H19BrN2O3S. The molecule has 1 heterocycles. The summed E-state index contributed by atoms with van der Waals surface area (Å²) in [5.74, 6) is 0.157. The van der Waals surface area contributed by atoms with Crippen LogP contribution in [0.2, 0.25) is 0 Å². The van der Waals surface area contributed by atoms with E-state index >= 15 is 0 Å². The predicted octanol–water partition coefficient (Wildman–Crippen LogP) is 4.70. The Labute approximate surface area is 161 Å². The molecule has 0 N–H and O–H groups in total. The minimum atomic E-state index is -3.97. The maximum absolute atomic E-state index is 12.7. The van der Waals surface area contributed by atoms with Crippen molar-refractivity contribution in [3.05, 3.63) is 70.8 Å². The van der Waals surface area contributed by atoms with E-state index in [9.17, 15) is 8.42 Å². The molecular weight excluding hydrogens is 416 g/mol. The van der Waals surface area contributed by atoms with Crippen LogP contribution in [0.1, 0.15) is 26.5 Å². The molecule has 0 aliphatic heterocycles. The molecule has 0 spiro atoms. The highest BCUT2D eigenvalue weighted by Gasteiger charge is 2.25. The summed E-state index contributed by atoms with van der Waals surface area (Å²) < 4.78 is 33.1. The predicted molar refractivity (Wildman–Crippen MR) is 104 cm³/mol. The van der Waals surface area contributed by atoms with Crippen LogP contribution in [0.15, 0.2) is 70.0 Å². The molecule has 0 aliphatic rings. The minimum Gasteiger partial charge on any atom is -0.358 e. The van der Waals surface area contributed by atoms with Crippen molar-refractivity contribution in [2.75, 3.05) is 0 Å². The molecule has 0 bridgehead atoms. The van der Waals surface area contributed by atoms with E-state index in [4.69, 9.17) is 4.18 Å². The van der Waals surface area contributed by atoms with E-state index in [1.165, 1.54) is 16.8 Å². The van der Waals surface area contributed by atoms with Gasteiger partial charge in [-0.3, -0.25) is 0 Å². The fraction of sp³-hybridized carbons (Fsp3) is 0.211. The van der Waals surface area contributed by atoms with Crippen molar-refractivity contribution in [2.24, 2.45) is 0 Å². The van der Waals surface area contributed by atoms with Crippen molar-refractivity contribution in [1.82, 2.24) is 9.78 Å². The van der Waals surface area contributed by atoms with Gasteiger partial charge in [-0.1, -0.05) is 54.9 Å². The average Bonchev–Trinajstić information content (AvgIpc) is 2.99. The van der Waals surface area contributed by atoms with Gasteiger partial charge < -0.3 is 4.18 Å². The number of halogens is 1. The monoisotopic (exact) mass is 434 g/mol. The summed E-state index contributed by atoms with van der Waals surface area (Å²) in [6, 6.07) is 17.3. The van der Waals surface area contributed by atoms with Gasteiger partial charge >= 0.3 is 10.1 Å². The maximum Gasteiger partial charge on any atom is 0.340 e. The van der Waals surface area contributed by atoms with Gasteiger partial charge in [0.1, 0.15) is 4.90 Å². The van der Waals surface area contributed by atoms with Crippen molar-refractivity contribution in [3.63, 3.8) is 0 Å². The second-order valence-corrected chi connectivity index (χ2v) is 9.32. The highest BCUT2D eigenvalue weighted by atomic mass is 79.9. The fourth-order valence-electron chi connectivity index (χ4n) is 2.31. The molecule has 5 nitrogen and oxygen atoms in total. The first-order valence-corrected chi connectivity index (χ1v) is 10.2. The fourth-order valence-corrected chi connectivity index (χ4v) is 3.48. The standard InChI is InChI=1S/C19H19BrN2O3S/c1-19(2,3)17-13-18(22(21-17)15-7-5-4-6-8-15)25-26(23,24)16-11-9-14(20)10-12-16/h4-13H,1-3H3. The molecule has 7 heteroatoms. The molecule has 1 aromatic heterocycles. The molecule has 0 atom stereocenters. The van der Waals surface area contributed by atoms with Crippen LogP contribution >= 0.6 is 15.9 Å². The van der Waals surface area contributed by atoms with E-state index in [-0.39, 0.29) is 16.2 Å². The van der Waals surface area contributed by atoms with E-state index < -0.39 is 10.1 Å². The van der Waals surface area contributed by atoms with Gasteiger partial charge in [-0.05, 0) is 36.4 Å². The molecule has 0 amide bonds. The molecule has 3 rings (SSSR count). The Morgan fingerprint density at radius 2 is 1.62 bits per heavy atom. The first kappa shape index (κ1) is 18.7. The number of rotatable bonds is 4. The van der Waals surface area contributed by atoms with Gasteiger partial charge in [-0.25, -0.2) is 0 Å². The van der Waals surface area contributed by atoms with Crippen LogP contribution in [0.25, 0.3) is 5.69 Å². The summed E-state index contributed by atoms with van der Waals surface area (Å²) in [5.41, 5.74) is 1.21. The molecule has 0 radical (unpaired) electrons. The number of para-hydroxylation sites is 1. The lowest BCUT2D eigenvalue weighted by Gasteiger charge is -2.13. The third-order valence-corrected chi connectivity index (χ3v) is 5.51. The second-order valence-electron chi connectivity index (χ2n) is 6.86. The summed E-state index contributed by atoms with van der Waals surface area (Å²) in [4.78, 5) is 0.0822. The summed E-state index contributed by atoms with van der Waals surface area (Å²) >= 11 is 3.30. The lowest BCUT2D eigenvalue weighted by molar-refractivity contribution is 0.464. The molecule has 3 aromatic rings. The zero-order valence-corrected chi connectivity index (χ0v) is 17.1. The van der Waals surface area contributed by atoms with Gasteiger partial charge in [0.05, 0.1) is 11.4 Å². The second kappa shape index (κ2) is 6.89. The van der Waals surface area contributed by atoms with Crippen molar-refractivity contribution < 1.29 is 12.6 Å². The van der Waals surface area contributed by atoms with Crippen molar-refractivity contribution >= 4 is 26.0 Å². The first-order valence-electron chi connectivity index (χ1n) is 8.03. The van der Waals surface area contributed by atoms with Crippen LogP contribution in [0.5, 0.6) is 5.88 Å². The first-order chi connectivity index (χ1) is 12.2. The third kappa shape index (κ3) is 3.99. The number of hydrogen-bond donors (Lipinski definition) is 0. The average molecular weight is 435 g/mol. The van der Waals surface area contributed by atoms with Crippen molar-refractivity contribution in [1.29, 1.82) is 0 Å². The van der Waals surface area contributed by atoms with Gasteiger partial charge in [-0.15, -0.1) is 0 Å². The Kier molecular flexibility index (Phi) is 4.94. The van der Waals surface area contributed by atoms with Gasteiger partial charge in [0.15, 0.2) is 0 Å². The maximum atomic E-state index is 12.7. The Hall–Kier alpha value is -2.12. The SMILES string of the molecule is CC(C)(C)c1cc(OS(=O)(=O)c2ccc(Br)cc2)n(-c2ccccc2)n1. The molecule has 136 valence electrons. The number of hydrogen-bond acceptors (Lipinski definition) is 4. The zero-order valence-electron chi connectivity index (χ0n) is 14.7. The van der Waals surface area contributed by atoms with Gasteiger partial charge in [0.25, 0.3) is 0 Å². The largest absolute Gasteiger partial charge is 0.358 e. The molecule has 2 aromatic carbocycles. The Balaban J connectivity index is 2.06. The Morgan fingerprint density at radius 1 is 1.00 bits per heavy atom. The summed E-state index contributed by atoms with van der Waals surface area (Å²) in [6.07, 6.45) is 0. The molecule has 26 heavy (non-hydrogen) atoms. The topological polar surface area (TPSA) is 61.2 Å². The molecule has 0 fully saturated rings. The molecule has 0 saturated heterocycles. The van der Waals surface area contributed by atoms with Gasteiger partial charge in [0, 0.05) is 16.0 Å². The van der Waals surface area contributed by atoms with Crippen LogP contribution in [-0.4, -0.2) is 18.2 Å². The Morgan fingerprint density at radius 3 is 2.19 bits per heavy atom. The number of nitrogens with zero attached hydrogens (tertiary/aromatic N) is 2.